The summed E-state index contributed by atoms with van der Waals surface area (Å²) < 4.78 is 39.4. The molecular formula is C27H31ClN2O5S2. The van der Waals surface area contributed by atoms with Crippen LogP contribution >= 0.6 is 22.9 Å². The summed E-state index contributed by atoms with van der Waals surface area (Å²) in [4.78, 5) is 16.8. The summed E-state index contributed by atoms with van der Waals surface area (Å²) in [6.45, 7) is 4.57. The van der Waals surface area contributed by atoms with Crippen molar-refractivity contribution in [1.82, 2.24) is 9.21 Å². The molecule has 37 heavy (non-hydrogen) atoms. The lowest BCUT2D eigenvalue weighted by molar-refractivity contribution is -0.135. The number of ether oxygens (including phenoxy) is 2. The first-order valence-electron chi connectivity index (χ1n) is 12.1. The Labute approximate surface area is 227 Å². The minimum absolute atomic E-state index is 0.131. The van der Waals surface area contributed by atoms with E-state index in [0.717, 1.165) is 17.5 Å². The van der Waals surface area contributed by atoms with Gasteiger partial charge in [-0.15, -0.1) is 11.3 Å². The number of aryl methyl sites for hydroxylation is 1. The Hall–Kier alpha value is -2.59. The van der Waals surface area contributed by atoms with Gasteiger partial charge in [-0.25, -0.2) is 8.42 Å². The van der Waals surface area contributed by atoms with E-state index in [1.807, 2.05) is 37.4 Å². The second kappa shape index (κ2) is 11.9. The Bertz CT molecular complexity index is 1340. The number of thiophene rings is 1. The number of carbonyl (C=O) groups excluding carboxylic acids is 1. The van der Waals surface area contributed by atoms with Gasteiger partial charge in [-0.1, -0.05) is 18.5 Å². The molecule has 1 aliphatic heterocycles. The van der Waals surface area contributed by atoms with E-state index >= 15 is 0 Å². The third-order valence-corrected chi connectivity index (χ3v) is 9.71. The second-order valence-corrected chi connectivity index (χ2v) is 12.2. The maximum absolute atomic E-state index is 13.6. The fourth-order valence-corrected chi connectivity index (χ4v) is 6.96. The Morgan fingerprint density at radius 2 is 1.89 bits per heavy atom. The van der Waals surface area contributed by atoms with Gasteiger partial charge < -0.3 is 14.4 Å². The van der Waals surface area contributed by atoms with Crippen molar-refractivity contribution in [3.8, 4) is 11.5 Å². The van der Waals surface area contributed by atoms with Crippen molar-refractivity contribution < 1.29 is 22.7 Å². The number of amides is 1. The first-order chi connectivity index (χ1) is 17.7. The summed E-state index contributed by atoms with van der Waals surface area (Å²) in [6.07, 6.45) is 1.31. The Kier molecular flexibility index (Phi) is 8.79. The summed E-state index contributed by atoms with van der Waals surface area (Å²) in [7, 11) is -2.34. The van der Waals surface area contributed by atoms with E-state index in [9.17, 15) is 13.2 Å². The predicted molar refractivity (Wildman–Crippen MR) is 146 cm³/mol. The van der Waals surface area contributed by atoms with Crippen LogP contribution in [0.5, 0.6) is 11.5 Å². The first-order valence-corrected chi connectivity index (χ1v) is 14.8. The van der Waals surface area contributed by atoms with Crippen LogP contribution in [0.15, 0.2) is 58.8 Å². The number of methoxy groups -OCH3 is 1. The van der Waals surface area contributed by atoms with Crippen LogP contribution < -0.4 is 9.47 Å². The van der Waals surface area contributed by atoms with E-state index in [2.05, 4.69) is 0 Å². The van der Waals surface area contributed by atoms with Crippen LogP contribution in [0.25, 0.3) is 0 Å². The number of halogens is 1. The molecule has 2 heterocycles. The lowest BCUT2D eigenvalue weighted by Gasteiger charge is -2.37. The van der Waals surface area contributed by atoms with Crippen molar-refractivity contribution in [3.63, 3.8) is 0 Å². The molecule has 0 spiro atoms. The lowest BCUT2D eigenvalue weighted by Crippen LogP contribution is -2.48. The van der Waals surface area contributed by atoms with Crippen molar-refractivity contribution in [1.29, 1.82) is 0 Å². The highest BCUT2D eigenvalue weighted by atomic mass is 35.5. The molecule has 1 unspecified atom stereocenters. The molecule has 2 aromatic carbocycles. The zero-order valence-corrected chi connectivity index (χ0v) is 23.5. The number of nitrogens with zero attached hydrogens (tertiary/aromatic N) is 2. The van der Waals surface area contributed by atoms with Gasteiger partial charge >= 0.3 is 0 Å². The zero-order chi connectivity index (χ0) is 26.6. The van der Waals surface area contributed by atoms with Crippen LogP contribution in [0.2, 0.25) is 5.02 Å². The molecule has 0 saturated carbocycles. The van der Waals surface area contributed by atoms with E-state index < -0.39 is 10.0 Å². The fraction of sp³-hybridized carbons (Fsp3) is 0.370. The molecule has 0 aliphatic carbocycles. The van der Waals surface area contributed by atoms with Crippen LogP contribution in [0, 0.1) is 6.92 Å². The van der Waals surface area contributed by atoms with Gasteiger partial charge in [0, 0.05) is 23.0 Å². The second-order valence-electron chi connectivity index (χ2n) is 8.89. The monoisotopic (exact) mass is 562 g/mol. The Balaban J connectivity index is 1.55. The van der Waals surface area contributed by atoms with Gasteiger partial charge in [0.05, 0.1) is 24.6 Å². The molecule has 1 aromatic heterocycles. The van der Waals surface area contributed by atoms with Crippen LogP contribution in [-0.2, 0) is 21.2 Å². The van der Waals surface area contributed by atoms with E-state index in [1.165, 1.54) is 28.4 Å². The molecule has 3 aromatic rings. The SMILES string of the molecule is CCCN(CC(=O)N1CCc2sccc2C1COc1ccc(Cl)c(C)c1)S(=O)(=O)c1ccc(OC)cc1. The molecule has 4 rings (SSSR count). The number of fused-ring (bicyclic) bond motifs is 1. The van der Waals surface area contributed by atoms with Gasteiger partial charge in [0.15, 0.2) is 0 Å². The van der Waals surface area contributed by atoms with Crippen LogP contribution in [-0.4, -0.2) is 56.9 Å². The Morgan fingerprint density at radius 1 is 1.16 bits per heavy atom. The highest BCUT2D eigenvalue weighted by Gasteiger charge is 2.35. The summed E-state index contributed by atoms with van der Waals surface area (Å²) in [5, 5.41) is 2.69. The zero-order valence-electron chi connectivity index (χ0n) is 21.1. The van der Waals surface area contributed by atoms with Gasteiger partial charge in [0.25, 0.3) is 0 Å². The number of hydrogen-bond donors (Lipinski definition) is 0. The smallest absolute Gasteiger partial charge is 0.243 e. The number of carbonyl (C=O) groups is 1. The van der Waals surface area contributed by atoms with E-state index in [-0.39, 0.29) is 36.5 Å². The van der Waals surface area contributed by atoms with Gasteiger partial charge in [0.1, 0.15) is 18.1 Å². The normalized spacial score (nSPS) is 15.5. The highest BCUT2D eigenvalue weighted by molar-refractivity contribution is 7.89. The van der Waals surface area contributed by atoms with Crippen molar-refractivity contribution in [2.24, 2.45) is 0 Å². The number of rotatable bonds is 10. The quantitative estimate of drug-likeness (QED) is 0.334. The Morgan fingerprint density at radius 3 is 2.57 bits per heavy atom. The third-order valence-electron chi connectivity index (χ3n) is 6.43. The summed E-state index contributed by atoms with van der Waals surface area (Å²) in [5.74, 6) is 0.991. The lowest BCUT2D eigenvalue weighted by atomic mass is 10.0. The molecule has 7 nitrogen and oxygen atoms in total. The molecular weight excluding hydrogens is 532 g/mol. The molecule has 0 N–H and O–H groups in total. The van der Waals surface area contributed by atoms with Crippen molar-refractivity contribution >= 4 is 38.9 Å². The molecule has 0 radical (unpaired) electrons. The molecule has 198 valence electrons. The first kappa shape index (κ1) is 27.4. The average Bonchev–Trinajstić information content (AvgIpc) is 3.38. The summed E-state index contributed by atoms with van der Waals surface area (Å²) in [6, 6.07) is 13.4. The van der Waals surface area contributed by atoms with Gasteiger partial charge in [-0.3, -0.25) is 4.79 Å². The molecule has 0 fully saturated rings. The van der Waals surface area contributed by atoms with Crippen molar-refractivity contribution in [2.75, 3.05) is 33.4 Å². The maximum Gasteiger partial charge on any atom is 0.243 e. The molecule has 1 atom stereocenters. The summed E-state index contributed by atoms with van der Waals surface area (Å²) >= 11 is 7.82. The fourth-order valence-electron chi connectivity index (χ4n) is 4.43. The van der Waals surface area contributed by atoms with Crippen molar-refractivity contribution in [2.45, 2.75) is 37.6 Å². The topological polar surface area (TPSA) is 76.2 Å². The third kappa shape index (κ3) is 6.12. The molecule has 1 amide bonds. The van der Waals surface area contributed by atoms with Crippen LogP contribution in [0.3, 0.4) is 0 Å². The van der Waals surface area contributed by atoms with E-state index in [1.54, 1.807) is 34.4 Å². The molecule has 0 saturated heterocycles. The van der Waals surface area contributed by atoms with E-state index in [4.69, 9.17) is 21.1 Å². The van der Waals surface area contributed by atoms with E-state index in [0.29, 0.717) is 29.5 Å². The molecule has 0 bridgehead atoms. The minimum atomic E-state index is -3.86. The maximum atomic E-state index is 13.6. The van der Waals surface area contributed by atoms with Gasteiger partial charge in [-0.05, 0) is 84.8 Å². The number of benzene rings is 2. The van der Waals surface area contributed by atoms with Crippen molar-refractivity contribution in [3.05, 3.63) is 74.9 Å². The minimum Gasteiger partial charge on any atom is -0.497 e. The van der Waals surface area contributed by atoms with Crippen LogP contribution in [0.1, 0.15) is 35.4 Å². The highest BCUT2D eigenvalue weighted by Crippen LogP contribution is 2.34. The van der Waals surface area contributed by atoms with Gasteiger partial charge in [-0.2, -0.15) is 4.31 Å². The summed E-state index contributed by atoms with van der Waals surface area (Å²) in [5.41, 5.74) is 1.96. The number of sulfonamides is 1. The molecule has 10 heteroatoms. The molecule has 1 aliphatic rings. The standard InChI is InChI=1S/C27H31ClN2O5S2/c1-4-13-29(37(32,33)22-8-5-20(34-3)6-9-22)17-27(31)30-14-11-26-23(12-15-36-26)25(30)18-35-21-7-10-24(28)19(2)16-21/h5-10,12,15-16,25H,4,11,13-14,17-18H2,1-3H3. The number of hydrogen-bond acceptors (Lipinski definition) is 6. The van der Waals surface area contributed by atoms with Crippen LogP contribution in [0.4, 0.5) is 0 Å². The average molecular weight is 563 g/mol. The predicted octanol–water partition coefficient (Wildman–Crippen LogP) is 5.32. The largest absolute Gasteiger partial charge is 0.497 e. The van der Waals surface area contributed by atoms with Gasteiger partial charge in [0.2, 0.25) is 15.9 Å².